The summed E-state index contributed by atoms with van der Waals surface area (Å²) >= 11 is 0. The molecule has 3 heterocycles. The zero-order valence-electron chi connectivity index (χ0n) is 21.1. The van der Waals surface area contributed by atoms with Crippen molar-refractivity contribution in [1.29, 1.82) is 0 Å². The fraction of sp³-hybridized carbons (Fsp3) is 0.323. The molecule has 1 aromatic heterocycles. The van der Waals surface area contributed by atoms with Crippen molar-refractivity contribution in [2.45, 2.75) is 37.9 Å². The van der Waals surface area contributed by atoms with Crippen LogP contribution in [0.2, 0.25) is 0 Å². The molecule has 0 radical (unpaired) electrons. The number of methoxy groups -OCH3 is 1. The van der Waals surface area contributed by atoms with Crippen molar-refractivity contribution in [3.63, 3.8) is 0 Å². The molecule has 0 saturated carbocycles. The van der Waals surface area contributed by atoms with Crippen molar-refractivity contribution in [3.8, 4) is 0 Å². The Labute approximate surface area is 216 Å². The molecule has 2 saturated heterocycles. The first-order valence-electron chi connectivity index (χ1n) is 13.0. The molecule has 1 spiro atoms. The van der Waals surface area contributed by atoms with E-state index >= 15 is 0 Å². The van der Waals surface area contributed by atoms with Gasteiger partial charge in [-0.1, -0.05) is 54.6 Å². The second-order valence-electron chi connectivity index (χ2n) is 10.4. The molecule has 3 aromatic carbocycles. The van der Waals surface area contributed by atoms with Gasteiger partial charge in [-0.25, -0.2) is 0 Å². The monoisotopic (exact) mass is 493 g/mol. The van der Waals surface area contributed by atoms with Gasteiger partial charge in [0.25, 0.3) is 0 Å². The van der Waals surface area contributed by atoms with E-state index in [2.05, 4.69) is 64.5 Å². The number of esters is 1. The molecule has 0 N–H and O–H groups in total. The summed E-state index contributed by atoms with van der Waals surface area (Å²) in [6.07, 6.45) is 3.54. The minimum Gasteiger partial charge on any atom is -0.469 e. The van der Waals surface area contributed by atoms with Gasteiger partial charge in [0.15, 0.2) is 0 Å². The second kappa shape index (κ2) is 9.60. The summed E-state index contributed by atoms with van der Waals surface area (Å²) in [6.45, 7) is 2.96. The number of piperidine rings is 1. The first-order valence-corrected chi connectivity index (χ1v) is 13.0. The maximum Gasteiger partial charge on any atom is 0.311 e. The summed E-state index contributed by atoms with van der Waals surface area (Å²) in [5.41, 5.74) is 2.80. The zero-order valence-corrected chi connectivity index (χ0v) is 21.1. The van der Waals surface area contributed by atoms with Crippen molar-refractivity contribution < 1.29 is 14.3 Å². The summed E-state index contributed by atoms with van der Waals surface area (Å²) in [4.78, 5) is 35.1. The van der Waals surface area contributed by atoms with Crippen molar-refractivity contribution in [1.82, 2.24) is 14.8 Å². The van der Waals surface area contributed by atoms with Crippen LogP contribution in [0.3, 0.4) is 0 Å². The second-order valence-corrected chi connectivity index (χ2v) is 10.4. The van der Waals surface area contributed by atoms with Crippen LogP contribution in [0.4, 0.5) is 0 Å². The van der Waals surface area contributed by atoms with Crippen molar-refractivity contribution >= 4 is 33.6 Å². The van der Waals surface area contributed by atoms with Crippen LogP contribution in [0, 0.1) is 5.92 Å². The summed E-state index contributed by atoms with van der Waals surface area (Å²) < 4.78 is 5.19. The number of pyridine rings is 1. The van der Waals surface area contributed by atoms with Crippen molar-refractivity contribution in [3.05, 3.63) is 90.1 Å². The highest BCUT2D eigenvalue weighted by atomic mass is 16.5. The third kappa shape index (κ3) is 4.36. The molecule has 2 aliphatic heterocycles. The molecule has 2 aliphatic rings. The Morgan fingerprint density at radius 3 is 2.41 bits per heavy atom. The van der Waals surface area contributed by atoms with Gasteiger partial charge in [-0.3, -0.25) is 19.5 Å². The fourth-order valence-electron chi connectivity index (χ4n) is 6.31. The van der Waals surface area contributed by atoms with E-state index in [0.717, 1.165) is 54.3 Å². The fourth-order valence-corrected chi connectivity index (χ4v) is 6.31. The van der Waals surface area contributed by atoms with E-state index in [1.807, 2.05) is 29.3 Å². The molecule has 1 amide bonds. The number of nitrogens with zero attached hydrogens (tertiary/aromatic N) is 3. The lowest BCUT2D eigenvalue weighted by molar-refractivity contribution is -0.150. The standard InChI is InChI=1S/C31H31N3O3/c1-37-30(36)27-19-29(35)34(21-22-8-10-24-5-2-3-6-26(24)17-22)31(27)12-15-33(16-13-31)20-23-9-11-25-7-4-14-32-28(25)18-23/h2-11,14,17-18,27H,12-13,15-16,19-21H2,1H3. The van der Waals surface area contributed by atoms with Crippen LogP contribution < -0.4 is 0 Å². The summed E-state index contributed by atoms with van der Waals surface area (Å²) in [5, 5.41) is 3.47. The molecular weight excluding hydrogens is 462 g/mol. The number of aromatic nitrogens is 1. The van der Waals surface area contributed by atoms with Gasteiger partial charge in [0.1, 0.15) is 0 Å². The summed E-state index contributed by atoms with van der Waals surface area (Å²) in [6, 6.07) is 25.1. The highest BCUT2D eigenvalue weighted by Gasteiger charge is 2.56. The Hall–Kier alpha value is -3.77. The van der Waals surface area contributed by atoms with E-state index in [1.54, 1.807) is 0 Å². The number of amides is 1. The van der Waals surface area contributed by atoms with E-state index in [0.29, 0.717) is 6.54 Å². The van der Waals surface area contributed by atoms with Gasteiger partial charge in [0.2, 0.25) is 5.91 Å². The predicted octanol–water partition coefficient (Wildman–Crippen LogP) is 4.94. The number of hydrogen-bond donors (Lipinski definition) is 0. The third-order valence-corrected chi connectivity index (χ3v) is 8.30. The molecule has 6 heteroatoms. The Kier molecular flexibility index (Phi) is 6.13. The van der Waals surface area contributed by atoms with Crippen LogP contribution >= 0.6 is 0 Å². The SMILES string of the molecule is COC(=O)C1CC(=O)N(Cc2ccc3ccccc3c2)C12CCN(Cc1ccc3cccnc3c1)CC2. The third-order valence-electron chi connectivity index (χ3n) is 8.30. The first-order chi connectivity index (χ1) is 18.1. The average Bonchev–Trinajstić information content (AvgIpc) is 3.20. The molecule has 188 valence electrons. The Morgan fingerprint density at radius 2 is 1.62 bits per heavy atom. The Bertz CT molecular complexity index is 1480. The lowest BCUT2D eigenvalue weighted by atomic mass is 9.76. The topological polar surface area (TPSA) is 62.7 Å². The minimum atomic E-state index is -0.517. The van der Waals surface area contributed by atoms with Gasteiger partial charge < -0.3 is 9.64 Å². The number of hydrogen-bond acceptors (Lipinski definition) is 5. The molecule has 37 heavy (non-hydrogen) atoms. The average molecular weight is 494 g/mol. The summed E-state index contributed by atoms with van der Waals surface area (Å²) in [7, 11) is 1.43. The van der Waals surface area contributed by atoms with Crippen LogP contribution in [0.15, 0.2) is 79.0 Å². The van der Waals surface area contributed by atoms with E-state index in [4.69, 9.17) is 4.74 Å². The molecule has 0 bridgehead atoms. The number of fused-ring (bicyclic) bond motifs is 2. The molecule has 1 atom stereocenters. The van der Waals surface area contributed by atoms with Crippen LogP contribution in [0.25, 0.3) is 21.7 Å². The highest BCUT2D eigenvalue weighted by molar-refractivity contribution is 5.89. The molecule has 6 rings (SSSR count). The number of carbonyl (C=O) groups excluding carboxylic acids is 2. The normalized spacial score (nSPS) is 19.6. The number of benzene rings is 3. The molecule has 0 aliphatic carbocycles. The van der Waals surface area contributed by atoms with Crippen molar-refractivity contribution in [2.75, 3.05) is 20.2 Å². The van der Waals surface area contributed by atoms with E-state index < -0.39 is 11.5 Å². The maximum atomic E-state index is 13.3. The highest BCUT2D eigenvalue weighted by Crippen LogP contribution is 2.45. The van der Waals surface area contributed by atoms with Gasteiger partial charge in [-0.2, -0.15) is 0 Å². The van der Waals surface area contributed by atoms with Gasteiger partial charge >= 0.3 is 5.97 Å². The van der Waals surface area contributed by atoms with Gasteiger partial charge in [0.05, 0.1) is 24.1 Å². The van der Waals surface area contributed by atoms with Crippen molar-refractivity contribution in [2.24, 2.45) is 5.92 Å². The van der Waals surface area contributed by atoms with Gasteiger partial charge in [-0.05, 0) is 52.9 Å². The lowest BCUT2D eigenvalue weighted by Gasteiger charge is -2.47. The number of rotatable bonds is 5. The quantitative estimate of drug-likeness (QED) is 0.369. The predicted molar refractivity (Wildman–Crippen MR) is 144 cm³/mol. The van der Waals surface area contributed by atoms with E-state index in [-0.39, 0.29) is 18.3 Å². The molecule has 2 fully saturated rings. The van der Waals surface area contributed by atoms with Crippen LogP contribution in [0.5, 0.6) is 0 Å². The van der Waals surface area contributed by atoms with E-state index in [9.17, 15) is 9.59 Å². The van der Waals surface area contributed by atoms with Crippen LogP contribution in [-0.4, -0.2) is 52.4 Å². The smallest absolute Gasteiger partial charge is 0.311 e. The number of likely N-dealkylation sites (tertiary alicyclic amines) is 2. The Balaban J connectivity index is 1.23. The zero-order chi connectivity index (χ0) is 25.4. The summed E-state index contributed by atoms with van der Waals surface area (Å²) in [5.74, 6) is -0.668. The molecule has 4 aromatic rings. The largest absolute Gasteiger partial charge is 0.469 e. The maximum absolute atomic E-state index is 13.3. The van der Waals surface area contributed by atoms with Gasteiger partial charge in [0, 0.05) is 44.2 Å². The van der Waals surface area contributed by atoms with Crippen LogP contribution in [0.1, 0.15) is 30.4 Å². The number of carbonyl (C=O) groups is 2. The lowest BCUT2D eigenvalue weighted by Crippen LogP contribution is -2.57. The molecule has 1 unspecified atom stereocenters. The first kappa shape index (κ1) is 23.6. The minimum absolute atomic E-state index is 0.0395. The van der Waals surface area contributed by atoms with Gasteiger partial charge in [-0.15, -0.1) is 0 Å². The molecule has 6 nitrogen and oxygen atoms in total. The van der Waals surface area contributed by atoms with E-state index in [1.165, 1.54) is 18.1 Å². The molecular formula is C31H31N3O3. The number of ether oxygens (including phenoxy) is 1. The van der Waals surface area contributed by atoms with Crippen LogP contribution in [-0.2, 0) is 27.4 Å². The Morgan fingerprint density at radius 1 is 0.919 bits per heavy atom.